The molecular formula is C13H16N2O2S. The zero-order valence-electron chi connectivity index (χ0n) is 10.2. The van der Waals surface area contributed by atoms with E-state index in [1.165, 1.54) is 0 Å². The Hall–Kier alpha value is -1.59. The lowest BCUT2D eigenvalue weighted by atomic mass is 10.2. The molecular weight excluding hydrogens is 248 g/mol. The molecule has 96 valence electrons. The van der Waals surface area contributed by atoms with Crippen LogP contribution in [-0.2, 0) is 6.54 Å². The van der Waals surface area contributed by atoms with Crippen molar-refractivity contribution in [3.8, 4) is 5.75 Å². The van der Waals surface area contributed by atoms with Crippen molar-refractivity contribution < 1.29 is 9.84 Å². The highest BCUT2D eigenvalue weighted by Crippen LogP contribution is 2.14. The molecule has 2 rings (SSSR count). The largest absolute Gasteiger partial charge is 0.494 e. The van der Waals surface area contributed by atoms with E-state index in [1.807, 2.05) is 36.1 Å². The highest BCUT2D eigenvalue weighted by molar-refractivity contribution is 7.80. The molecule has 1 atom stereocenters. The van der Waals surface area contributed by atoms with E-state index in [1.54, 1.807) is 12.3 Å². The van der Waals surface area contributed by atoms with Crippen molar-refractivity contribution >= 4 is 17.3 Å². The van der Waals surface area contributed by atoms with E-state index in [0.717, 1.165) is 11.3 Å². The van der Waals surface area contributed by atoms with Gasteiger partial charge in [-0.3, -0.25) is 0 Å². The van der Waals surface area contributed by atoms with Gasteiger partial charge in [0.25, 0.3) is 0 Å². The molecule has 1 aromatic carbocycles. The minimum atomic E-state index is -0.686. The fraction of sp³-hybridized carbons (Fsp3) is 0.308. The van der Waals surface area contributed by atoms with Crippen LogP contribution in [0.25, 0.3) is 0 Å². The minimum absolute atomic E-state index is 0.527. The van der Waals surface area contributed by atoms with E-state index in [2.05, 4.69) is 5.32 Å². The lowest BCUT2D eigenvalue weighted by molar-refractivity contribution is 0.197. The Morgan fingerprint density at radius 3 is 2.72 bits per heavy atom. The van der Waals surface area contributed by atoms with Gasteiger partial charge in [0.1, 0.15) is 12.0 Å². The first-order chi connectivity index (χ1) is 8.69. The van der Waals surface area contributed by atoms with Gasteiger partial charge in [0.05, 0.1) is 6.61 Å². The first-order valence-electron chi connectivity index (χ1n) is 5.84. The molecule has 0 saturated heterocycles. The van der Waals surface area contributed by atoms with Crippen LogP contribution >= 0.6 is 12.2 Å². The summed E-state index contributed by atoms with van der Waals surface area (Å²) in [4.78, 5) is 1.87. The fourth-order valence-corrected chi connectivity index (χ4v) is 1.94. The molecule has 0 amide bonds. The van der Waals surface area contributed by atoms with E-state index >= 15 is 0 Å². The monoisotopic (exact) mass is 264 g/mol. The Balaban J connectivity index is 2.01. The van der Waals surface area contributed by atoms with Gasteiger partial charge < -0.3 is 20.1 Å². The lowest BCUT2D eigenvalue weighted by Gasteiger charge is -2.27. The summed E-state index contributed by atoms with van der Waals surface area (Å²) in [6.45, 7) is 3.30. The summed E-state index contributed by atoms with van der Waals surface area (Å²) in [6.07, 6.45) is 2.76. The van der Waals surface area contributed by atoms with Crippen LogP contribution in [0.5, 0.6) is 5.75 Å². The molecule has 0 spiro atoms. The number of nitrogens with zero attached hydrogens (tertiary/aromatic N) is 1. The van der Waals surface area contributed by atoms with Gasteiger partial charge in [-0.15, -0.1) is 0 Å². The third-order valence-corrected chi connectivity index (χ3v) is 2.92. The number of hydrogen-bond acceptors (Lipinski definition) is 3. The molecule has 0 fully saturated rings. The van der Waals surface area contributed by atoms with Crippen LogP contribution in [-0.4, -0.2) is 28.0 Å². The molecule has 2 N–H and O–H groups in total. The molecule has 1 aromatic rings. The van der Waals surface area contributed by atoms with Crippen LogP contribution in [0.2, 0.25) is 0 Å². The van der Waals surface area contributed by atoms with Gasteiger partial charge in [0.15, 0.2) is 5.11 Å². The van der Waals surface area contributed by atoms with Crippen LogP contribution in [0.15, 0.2) is 36.5 Å². The van der Waals surface area contributed by atoms with Crippen molar-refractivity contribution in [2.75, 3.05) is 6.61 Å². The second kappa shape index (κ2) is 5.84. The summed E-state index contributed by atoms with van der Waals surface area (Å²) < 4.78 is 5.39. The number of nitrogens with one attached hydrogen (secondary N) is 1. The van der Waals surface area contributed by atoms with E-state index < -0.39 is 6.23 Å². The molecule has 18 heavy (non-hydrogen) atoms. The molecule has 1 aliphatic heterocycles. The van der Waals surface area contributed by atoms with Crippen molar-refractivity contribution in [3.63, 3.8) is 0 Å². The highest BCUT2D eigenvalue weighted by atomic mass is 32.1. The predicted octanol–water partition coefficient (Wildman–Crippen LogP) is 1.61. The molecule has 4 nitrogen and oxygen atoms in total. The molecule has 5 heteroatoms. The number of benzene rings is 1. The van der Waals surface area contributed by atoms with Gasteiger partial charge in [-0.25, -0.2) is 0 Å². The van der Waals surface area contributed by atoms with Crippen LogP contribution in [0, 0.1) is 0 Å². The first-order valence-corrected chi connectivity index (χ1v) is 6.25. The molecule has 0 radical (unpaired) electrons. The SMILES string of the molecule is CCOc1ccc(CN2C=CC(O)NC2=S)cc1. The molecule has 0 aromatic heterocycles. The zero-order chi connectivity index (χ0) is 13.0. The Morgan fingerprint density at radius 2 is 2.11 bits per heavy atom. The zero-order valence-corrected chi connectivity index (χ0v) is 11.0. The van der Waals surface area contributed by atoms with E-state index in [4.69, 9.17) is 17.0 Å². The number of thiocarbonyl (C=S) groups is 1. The second-order valence-electron chi connectivity index (χ2n) is 3.94. The normalized spacial score (nSPS) is 18.7. The summed E-state index contributed by atoms with van der Waals surface area (Å²) >= 11 is 5.15. The van der Waals surface area contributed by atoms with Gasteiger partial charge in [-0.05, 0) is 42.9 Å². The number of hydrogen-bond donors (Lipinski definition) is 2. The molecule has 1 aliphatic rings. The Kier molecular flexibility index (Phi) is 4.17. The Morgan fingerprint density at radius 1 is 1.39 bits per heavy atom. The summed E-state index contributed by atoms with van der Waals surface area (Å²) in [5.74, 6) is 0.867. The molecule has 0 saturated carbocycles. The third kappa shape index (κ3) is 3.21. The third-order valence-electron chi connectivity index (χ3n) is 2.57. The highest BCUT2D eigenvalue weighted by Gasteiger charge is 2.14. The summed E-state index contributed by atoms with van der Waals surface area (Å²) in [5, 5.41) is 12.6. The number of ether oxygens (including phenoxy) is 1. The average Bonchev–Trinajstić information content (AvgIpc) is 2.35. The van der Waals surface area contributed by atoms with E-state index in [9.17, 15) is 5.11 Å². The molecule has 0 aliphatic carbocycles. The van der Waals surface area contributed by atoms with Crippen molar-refractivity contribution in [1.29, 1.82) is 0 Å². The standard InChI is InChI=1S/C13H16N2O2S/c1-2-17-11-5-3-10(4-6-11)9-15-8-7-12(16)14-13(15)18/h3-8,12,16H,2,9H2,1H3,(H,14,18). The maximum atomic E-state index is 9.33. The predicted molar refractivity (Wildman–Crippen MR) is 74.0 cm³/mol. The van der Waals surface area contributed by atoms with Crippen LogP contribution in [0.1, 0.15) is 12.5 Å². The number of aliphatic hydroxyl groups excluding tert-OH is 1. The van der Waals surface area contributed by atoms with E-state index in [-0.39, 0.29) is 0 Å². The van der Waals surface area contributed by atoms with Crippen LogP contribution in [0.3, 0.4) is 0 Å². The molecule has 1 unspecified atom stereocenters. The summed E-state index contributed by atoms with van der Waals surface area (Å²) in [7, 11) is 0. The maximum absolute atomic E-state index is 9.33. The van der Waals surface area contributed by atoms with Crippen LogP contribution < -0.4 is 10.1 Å². The maximum Gasteiger partial charge on any atom is 0.175 e. The molecule has 0 bridgehead atoms. The average molecular weight is 264 g/mol. The summed E-state index contributed by atoms with van der Waals surface area (Å²) in [6, 6.07) is 7.90. The van der Waals surface area contributed by atoms with Gasteiger partial charge in [-0.2, -0.15) is 0 Å². The van der Waals surface area contributed by atoms with Crippen LogP contribution in [0.4, 0.5) is 0 Å². The summed E-state index contributed by atoms with van der Waals surface area (Å²) in [5.41, 5.74) is 1.13. The number of aliphatic hydroxyl groups is 1. The van der Waals surface area contributed by atoms with E-state index in [0.29, 0.717) is 18.3 Å². The number of rotatable bonds is 4. The van der Waals surface area contributed by atoms with Gasteiger partial charge in [0, 0.05) is 12.7 Å². The van der Waals surface area contributed by atoms with Gasteiger partial charge >= 0.3 is 0 Å². The smallest absolute Gasteiger partial charge is 0.175 e. The Labute approximate surface area is 112 Å². The molecule has 1 heterocycles. The lowest BCUT2D eigenvalue weighted by Crippen LogP contribution is -2.44. The van der Waals surface area contributed by atoms with Gasteiger partial charge in [0.2, 0.25) is 0 Å². The fourth-order valence-electron chi connectivity index (χ4n) is 1.69. The van der Waals surface area contributed by atoms with Crippen molar-refractivity contribution in [3.05, 3.63) is 42.1 Å². The Bertz CT molecular complexity index is 445. The minimum Gasteiger partial charge on any atom is -0.494 e. The second-order valence-corrected chi connectivity index (χ2v) is 4.33. The van der Waals surface area contributed by atoms with Gasteiger partial charge in [-0.1, -0.05) is 12.1 Å². The van der Waals surface area contributed by atoms with Crippen molar-refractivity contribution in [2.45, 2.75) is 19.7 Å². The quantitative estimate of drug-likeness (QED) is 0.809. The first kappa shape index (κ1) is 12.9. The van der Waals surface area contributed by atoms with Crippen molar-refractivity contribution in [2.24, 2.45) is 0 Å². The topological polar surface area (TPSA) is 44.7 Å². The van der Waals surface area contributed by atoms with Crippen molar-refractivity contribution in [1.82, 2.24) is 10.2 Å².